The lowest BCUT2D eigenvalue weighted by Crippen LogP contribution is -2.50. The van der Waals surface area contributed by atoms with Crippen molar-refractivity contribution in [2.75, 3.05) is 46.5 Å². The Morgan fingerprint density at radius 2 is 1.47 bits per heavy atom. The second-order valence-corrected chi connectivity index (χ2v) is 4.26. The molecule has 0 saturated heterocycles. The standard InChI is InChI=1S/C13H22NO5/c1-4-12(16)18-10-7-14(3,6-9-15)8-11-19-13(17)5-2/h4-5,15H,1-2,6-11H2,3H3/q+1. The molecule has 6 nitrogen and oxygen atoms in total. The van der Waals surface area contributed by atoms with Gasteiger partial charge in [0.2, 0.25) is 0 Å². The first-order valence-corrected chi connectivity index (χ1v) is 6.00. The van der Waals surface area contributed by atoms with Crippen LogP contribution in [-0.2, 0) is 19.1 Å². The summed E-state index contributed by atoms with van der Waals surface area (Å²) in [6, 6.07) is 0. The van der Waals surface area contributed by atoms with Crippen LogP contribution in [0.25, 0.3) is 0 Å². The van der Waals surface area contributed by atoms with E-state index in [0.717, 1.165) is 12.2 Å². The fourth-order valence-electron chi connectivity index (χ4n) is 1.43. The summed E-state index contributed by atoms with van der Waals surface area (Å²) in [6.45, 7) is 8.57. The lowest BCUT2D eigenvalue weighted by atomic mass is 10.3. The van der Waals surface area contributed by atoms with Crippen LogP contribution < -0.4 is 0 Å². The van der Waals surface area contributed by atoms with Gasteiger partial charge in [0.25, 0.3) is 0 Å². The van der Waals surface area contributed by atoms with Crippen molar-refractivity contribution in [3.8, 4) is 0 Å². The number of hydrogen-bond acceptors (Lipinski definition) is 5. The van der Waals surface area contributed by atoms with E-state index in [0.29, 0.717) is 24.1 Å². The second kappa shape index (κ2) is 9.29. The Bertz CT molecular complexity index is 301. The van der Waals surface area contributed by atoms with Gasteiger partial charge in [-0.15, -0.1) is 0 Å². The van der Waals surface area contributed by atoms with Gasteiger partial charge in [-0.1, -0.05) is 13.2 Å². The molecule has 0 aliphatic rings. The van der Waals surface area contributed by atoms with E-state index in [2.05, 4.69) is 13.2 Å². The largest absolute Gasteiger partial charge is 0.457 e. The summed E-state index contributed by atoms with van der Waals surface area (Å²) in [7, 11) is 1.89. The molecule has 0 aliphatic heterocycles. The zero-order valence-electron chi connectivity index (χ0n) is 11.3. The molecule has 0 aromatic carbocycles. The summed E-state index contributed by atoms with van der Waals surface area (Å²) in [6.07, 6.45) is 2.20. The molecule has 0 unspecified atom stereocenters. The molecule has 6 heteroatoms. The van der Waals surface area contributed by atoms with E-state index in [1.807, 2.05) is 7.05 Å². The molecular weight excluding hydrogens is 250 g/mol. The molecular formula is C13H22NO5+. The van der Waals surface area contributed by atoms with Gasteiger partial charge >= 0.3 is 11.9 Å². The highest BCUT2D eigenvalue weighted by Crippen LogP contribution is 2.02. The van der Waals surface area contributed by atoms with E-state index in [1.54, 1.807) is 0 Å². The number of esters is 2. The van der Waals surface area contributed by atoms with Crippen LogP contribution in [0.4, 0.5) is 0 Å². The van der Waals surface area contributed by atoms with E-state index in [9.17, 15) is 9.59 Å². The minimum Gasteiger partial charge on any atom is -0.457 e. The first-order valence-electron chi connectivity index (χ1n) is 6.00. The van der Waals surface area contributed by atoms with Gasteiger partial charge in [0.1, 0.15) is 32.8 Å². The Labute approximate surface area is 113 Å². The van der Waals surface area contributed by atoms with Crippen molar-refractivity contribution in [3.63, 3.8) is 0 Å². The van der Waals surface area contributed by atoms with Gasteiger partial charge in [0.15, 0.2) is 0 Å². The first kappa shape index (κ1) is 17.3. The Hall–Kier alpha value is -1.66. The Morgan fingerprint density at radius 3 is 1.79 bits per heavy atom. The van der Waals surface area contributed by atoms with Crippen LogP contribution in [-0.4, -0.2) is 68.0 Å². The van der Waals surface area contributed by atoms with Crippen LogP contribution in [0.3, 0.4) is 0 Å². The molecule has 0 amide bonds. The maximum absolute atomic E-state index is 10.9. The number of aliphatic hydroxyl groups excluding tert-OH is 1. The van der Waals surface area contributed by atoms with Crippen molar-refractivity contribution in [3.05, 3.63) is 25.3 Å². The van der Waals surface area contributed by atoms with Gasteiger partial charge in [-0.3, -0.25) is 0 Å². The van der Waals surface area contributed by atoms with Crippen LogP contribution in [0.5, 0.6) is 0 Å². The van der Waals surface area contributed by atoms with Crippen LogP contribution in [0.15, 0.2) is 25.3 Å². The average molecular weight is 272 g/mol. The summed E-state index contributed by atoms with van der Waals surface area (Å²) in [5.74, 6) is -0.956. The minimum absolute atomic E-state index is 0.00130. The van der Waals surface area contributed by atoms with Crippen molar-refractivity contribution >= 4 is 11.9 Å². The number of rotatable bonds is 10. The summed E-state index contributed by atoms with van der Waals surface area (Å²) in [4.78, 5) is 21.8. The molecule has 1 N–H and O–H groups in total. The number of carbonyl (C=O) groups is 2. The van der Waals surface area contributed by atoms with Gasteiger partial charge in [0, 0.05) is 12.2 Å². The fraction of sp³-hybridized carbons (Fsp3) is 0.538. The quantitative estimate of drug-likeness (QED) is 0.341. The molecule has 19 heavy (non-hydrogen) atoms. The number of nitrogens with zero attached hydrogens (tertiary/aromatic N) is 1. The van der Waals surface area contributed by atoms with Crippen molar-refractivity contribution < 1.29 is 28.7 Å². The van der Waals surface area contributed by atoms with Crippen molar-refractivity contribution in [1.82, 2.24) is 0 Å². The maximum atomic E-state index is 10.9. The molecule has 0 radical (unpaired) electrons. The predicted molar refractivity (Wildman–Crippen MR) is 70.2 cm³/mol. The van der Waals surface area contributed by atoms with E-state index < -0.39 is 11.9 Å². The number of ether oxygens (including phenoxy) is 2. The topological polar surface area (TPSA) is 72.8 Å². The van der Waals surface area contributed by atoms with Crippen molar-refractivity contribution in [2.45, 2.75) is 0 Å². The number of likely N-dealkylation sites (N-methyl/N-ethyl adjacent to an activating group) is 1. The molecule has 0 bridgehead atoms. The zero-order chi connectivity index (χ0) is 14.7. The molecule has 0 rings (SSSR count). The summed E-state index contributed by atoms with van der Waals surface area (Å²) < 4.78 is 10.2. The zero-order valence-corrected chi connectivity index (χ0v) is 11.3. The molecule has 0 spiro atoms. The van der Waals surface area contributed by atoms with Crippen molar-refractivity contribution in [1.29, 1.82) is 0 Å². The lowest BCUT2D eigenvalue weighted by Gasteiger charge is -2.33. The number of hydrogen-bond donors (Lipinski definition) is 1. The summed E-state index contributed by atoms with van der Waals surface area (Å²) in [5, 5.41) is 9.05. The number of carbonyl (C=O) groups excluding carboxylic acids is 2. The maximum Gasteiger partial charge on any atom is 0.330 e. The minimum atomic E-state index is -0.478. The fourth-order valence-corrected chi connectivity index (χ4v) is 1.43. The summed E-state index contributed by atoms with van der Waals surface area (Å²) >= 11 is 0. The monoisotopic (exact) mass is 272 g/mol. The smallest absolute Gasteiger partial charge is 0.330 e. The Balaban J connectivity index is 4.16. The van der Waals surface area contributed by atoms with Gasteiger partial charge < -0.3 is 19.1 Å². The molecule has 0 heterocycles. The normalized spacial score (nSPS) is 10.6. The molecule has 0 atom stereocenters. The van der Waals surface area contributed by atoms with E-state index in [1.165, 1.54) is 0 Å². The number of aliphatic hydroxyl groups is 1. The van der Waals surface area contributed by atoms with Gasteiger partial charge in [-0.25, -0.2) is 9.59 Å². The average Bonchev–Trinajstić information content (AvgIpc) is 2.38. The highest BCUT2D eigenvalue weighted by Gasteiger charge is 2.21. The SMILES string of the molecule is C=CC(=O)OCC[N+](C)(CCO)CCOC(=O)C=C. The number of quaternary nitrogens is 1. The lowest BCUT2D eigenvalue weighted by molar-refractivity contribution is -0.910. The van der Waals surface area contributed by atoms with Crippen LogP contribution in [0.1, 0.15) is 0 Å². The van der Waals surface area contributed by atoms with Gasteiger partial charge in [0.05, 0.1) is 13.7 Å². The molecule has 0 aliphatic carbocycles. The third kappa shape index (κ3) is 8.12. The molecule has 108 valence electrons. The van der Waals surface area contributed by atoms with Crippen LogP contribution in [0.2, 0.25) is 0 Å². The molecule has 0 aromatic rings. The predicted octanol–water partition coefficient (Wildman–Crippen LogP) is -0.116. The van der Waals surface area contributed by atoms with E-state index in [-0.39, 0.29) is 19.8 Å². The molecule has 0 fully saturated rings. The van der Waals surface area contributed by atoms with Crippen molar-refractivity contribution in [2.24, 2.45) is 0 Å². The van der Waals surface area contributed by atoms with Gasteiger partial charge in [-0.05, 0) is 0 Å². The second-order valence-electron chi connectivity index (χ2n) is 4.26. The third-order valence-corrected chi connectivity index (χ3v) is 2.72. The molecule has 0 aromatic heterocycles. The third-order valence-electron chi connectivity index (χ3n) is 2.72. The van der Waals surface area contributed by atoms with Crippen LogP contribution in [0, 0.1) is 0 Å². The first-order chi connectivity index (χ1) is 8.97. The van der Waals surface area contributed by atoms with E-state index >= 15 is 0 Å². The molecule has 0 saturated carbocycles. The van der Waals surface area contributed by atoms with Gasteiger partial charge in [-0.2, -0.15) is 0 Å². The van der Waals surface area contributed by atoms with Crippen LogP contribution >= 0.6 is 0 Å². The Kier molecular flexibility index (Phi) is 8.48. The highest BCUT2D eigenvalue weighted by molar-refractivity contribution is 5.81. The van der Waals surface area contributed by atoms with E-state index in [4.69, 9.17) is 14.6 Å². The highest BCUT2D eigenvalue weighted by atomic mass is 16.5. The Morgan fingerprint density at radius 1 is 1.05 bits per heavy atom. The summed E-state index contributed by atoms with van der Waals surface area (Å²) in [5.41, 5.74) is 0.